The fourth-order valence-electron chi connectivity index (χ4n) is 1.43. The summed E-state index contributed by atoms with van der Waals surface area (Å²) in [7, 11) is 0. The van der Waals surface area contributed by atoms with Crippen molar-refractivity contribution < 1.29 is 9.90 Å². The molecule has 2 aromatic rings. The lowest BCUT2D eigenvalue weighted by Crippen LogP contribution is -1.99. The van der Waals surface area contributed by atoms with Gasteiger partial charge in [0.15, 0.2) is 0 Å². The number of fused-ring (bicyclic) bond motifs is 1. The Labute approximate surface area is 81.0 Å². The van der Waals surface area contributed by atoms with Crippen LogP contribution in [0.2, 0.25) is 0 Å². The molecule has 1 aromatic heterocycles. The third-order valence-electron chi connectivity index (χ3n) is 2.17. The SMILES string of the molecule is Cc1cccc2nc(C(=O)O)ccc12. The van der Waals surface area contributed by atoms with Gasteiger partial charge >= 0.3 is 5.97 Å². The molecule has 0 unspecified atom stereocenters. The number of nitrogens with zero attached hydrogens (tertiary/aromatic N) is 1. The molecule has 0 bridgehead atoms. The molecule has 0 radical (unpaired) electrons. The topological polar surface area (TPSA) is 50.2 Å². The van der Waals surface area contributed by atoms with Crippen LogP contribution in [-0.4, -0.2) is 16.1 Å². The van der Waals surface area contributed by atoms with E-state index in [1.807, 2.05) is 25.1 Å². The largest absolute Gasteiger partial charge is 0.477 e. The molecule has 14 heavy (non-hydrogen) atoms. The van der Waals surface area contributed by atoms with E-state index >= 15 is 0 Å². The molecule has 70 valence electrons. The highest BCUT2D eigenvalue weighted by Crippen LogP contribution is 2.16. The summed E-state index contributed by atoms with van der Waals surface area (Å²) in [6, 6.07) is 8.98. The molecule has 3 nitrogen and oxygen atoms in total. The Balaban J connectivity index is 2.73. The number of aryl methyl sites for hydroxylation is 1. The summed E-state index contributed by atoms with van der Waals surface area (Å²) in [6.45, 7) is 1.98. The molecule has 0 aliphatic heterocycles. The van der Waals surface area contributed by atoms with Gasteiger partial charge in [-0.05, 0) is 24.6 Å². The summed E-state index contributed by atoms with van der Waals surface area (Å²) in [6.07, 6.45) is 0. The number of carboxylic acid groups (broad SMARTS) is 1. The fourth-order valence-corrected chi connectivity index (χ4v) is 1.43. The molecule has 0 saturated carbocycles. The lowest BCUT2D eigenvalue weighted by Gasteiger charge is -2.01. The van der Waals surface area contributed by atoms with E-state index < -0.39 is 5.97 Å². The van der Waals surface area contributed by atoms with Crippen molar-refractivity contribution >= 4 is 16.9 Å². The van der Waals surface area contributed by atoms with E-state index in [1.54, 1.807) is 6.07 Å². The molecule has 1 N–H and O–H groups in total. The van der Waals surface area contributed by atoms with Crippen molar-refractivity contribution in [3.8, 4) is 0 Å². The summed E-state index contributed by atoms with van der Waals surface area (Å²) in [4.78, 5) is 14.7. The van der Waals surface area contributed by atoms with Gasteiger partial charge in [0.05, 0.1) is 5.52 Å². The number of hydrogen-bond donors (Lipinski definition) is 1. The highest BCUT2D eigenvalue weighted by Gasteiger charge is 2.05. The number of hydrogen-bond acceptors (Lipinski definition) is 2. The number of rotatable bonds is 1. The molecule has 0 fully saturated rings. The van der Waals surface area contributed by atoms with Crippen LogP contribution in [0.15, 0.2) is 30.3 Å². The van der Waals surface area contributed by atoms with Crippen LogP contribution in [0.1, 0.15) is 16.1 Å². The second kappa shape index (κ2) is 3.10. The van der Waals surface area contributed by atoms with Crippen LogP contribution in [0.3, 0.4) is 0 Å². The Morgan fingerprint density at radius 3 is 2.79 bits per heavy atom. The number of benzene rings is 1. The summed E-state index contributed by atoms with van der Waals surface area (Å²) >= 11 is 0. The summed E-state index contributed by atoms with van der Waals surface area (Å²) in [5.74, 6) is -0.992. The van der Waals surface area contributed by atoms with Gasteiger partial charge in [0, 0.05) is 5.39 Å². The average molecular weight is 187 g/mol. The monoisotopic (exact) mass is 187 g/mol. The lowest BCUT2D eigenvalue weighted by molar-refractivity contribution is 0.0691. The van der Waals surface area contributed by atoms with Crippen LogP contribution in [0.25, 0.3) is 10.9 Å². The Bertz CT molecular complexity index is 506. The maximum absolute atomic E-state index is 10.7. The van der Waals surface area contributed by atoms with E-state index in [4.69, 9.17) is 5.11 Å². The maximum atomic E-state index is 10.7. The van der Waals surface area contributed by atoms with Gasteiger partial charge in [-0.2, -0.15) is 0 Å². The molecule has 0 amide bonds. The van der Waals surface area contributed by atoms with E-state index in [2.05, 4.69) is 4.98 Å². The van der Waals surface area contributed by atoms with Gasteiger partial charge in [-0.1, -0.05) is 18.2 Å². The Kier molecular flexibility index (Phi) is 1.93. The molecule has 2 rings (SSSR count). The van der Waals surface area contributed by atoms with E-state index in [0.29, 0.717) is 0 Å². The number of aromatic carboxylic acids is 1. The average Bonchev–Trinajstić information content (AvgIpc) is 2.17. The van der Waals surface area contributed by atoms with Crippen LogP contribution in [0.5, 0.6) is 0 Å². The Hall–Kier alpha value is -1.90. The smallest absolute Gasteiger partial charge is 0.354 e. The van der Waals surface area contributed by atoms with Gasteiger partial charge in [-0.25, -0.2) is 9.78 Å². The summed E-state index contributed by atoms with van der Waals surface area (Å²) in [5.41, 5.74) is 1.92. The van der Waals surface area contributed by atoms with Gasteiger partial charge in [-0.3, -0.25) is 0 Å². The Morgan fingerprint density at radius 1 is 1.29 bits per heavy atom. The molecule has 1 heterocycles. The van der Waals surface area contributed by atoms with Crippen LogP contribution in [0.4, 0.5) is 0 Å². The zero-order valence-electron chi connectivity index (χ0n) is 7.69. The van der Waals surface area contributed by atoms with Gasteiger partial charge in [0.1, 0.15) is 5.69 Å². The quantitative estimate of drug-likeness (QED) is 0.744. The lowest BCUT2D eigenvalue weighted by atomic mass is 10.1. The predicted octanol–water partition coefficient (Wildman–Crippen LogP) is 2.24. The zero-order chi connectivity index (χ0) is 10.1. The molecule has 0 atom stereocenters. The molecular formula is C11H9NO2. The van der Waals surface area contributed by atoms with E-state index in [-0.39, 0.29) is 5.69 Å². The van der Waals surface area contributed by atoms with Crippen LogP contribution in [-0.2, 0) is 0 Å². The molecular weight excluding hydrogens is 178 g/mol. The second-order valence-electron chi connectivity index (χ2n) is 3.14. The van der Waals surface area contributed by atoms with E-state index in [9.17, 15) is 4.79 Å². The van der Waals surface area contributed by atoms with Crippen molar-refractivity contribution in [2.24, 2.45) is 0 Å². The molecule has 0 aliphatic rings. The van der Waals surface area contributed by atoms with Gasteiger partial charge in [0.2, 0.25) is 0 Å². The third-order valence-corrected chi connectivity index (χ3v) is 2.17. The number of carboxylic acids is 1. The van der Waals surface area contributed by atoms with Crippen molar-refractivity contribution in [3.05, 3.63) is 41.6 Å². The first kappa shape index (κ1) is 8.69. The van der Waals surface area contributed by atoms with Crippen molar-refractivity contribution in [3.63, 3.8) is 0 Å². The summed E-state index contributed by atoms with van der Waals surface area (Å²) < 4.78 is 0. The maximum Gasteiger partial charge on any atom is 0.354 e. The first-order valence-electron chi connectivity index (χ1n) is 4.28. The van der Waals surface area contributed by atoms with Crippen molar-refractivity contribution in [2.45, 2.75) is 6.92 Å². The Morgan fingerprint density at radius 2 is 2.07 bits per heavy atom. The van der Waals surface area contributed by atoms with Gasteiger partial charge in [-0.15, -0.1) is 0 Å². The molecule has 3 heteroatoms. The van der Waals surface area contributed by atoms with Crippen LogP contribution >= 0.6 is 0 Å². The number of carbonyl (C=O) groups is 1. The van der Waals surface area contributed by atoms with E-state index in [1.165, 1.54) is 6.07 Å². The van der Waals surface area contributed by atoms with Gasteiger partial charge < -0.3 is 5.11 Å². The molecule has 0 spiro atoms. The minimum atomic E-state index is -0.992. The highest BCUT2D eigenvalue weighted by molar-refractivity contribution is 5.90. The third kappa shape index (κ3) is 1.33. The zero-order valence-corrected chi connectivity index (χ0v) is 7.69. The fraction of sp³-hybridized carbons (Fsp3) is 0.0909. The van der Waals surface area contributed by atoms with Crippen molar-refractivity contribution in [2.75, 3.05) is 0 Å². The minimum absolute atomic E-state index is 0.0862. The standard InChI is InChI=1S/C11H9NO2/c1-7-3-2-4-9-8(7)5-6-10(12-9)11(13)14/h2-6H,1H3,(H,13,14). The van der Waals surface area contributed by atoms with Crippen LogP contribution < -0.4 is 0 Å². The first-order valence-corrected chi connectivity index (χ1v) is 4.28. The van der Waals surface area contributed by atoms with Crippen LogP contribution in [0, 0.1) is 6.92 Å². The molecule has 0 saturated heterocycles. The second-order valence-corrected chi connectivity index (χ2v) is 3.14. The molecule has 0 aliphatic carbocycles. The minimum Gasteiger partial charge on any atom is -0.477 e. The predicted molar refractivity (Wildman–Crippen MR) is 53.4 cm³/mol. The number of pyridine rings is 1. The molecule has 1 aromatic carbocycles. The van der Waals surface area contributed by atoms with E-state index in [0.717, 1.165) is 16.5 Å². The van der Waals surface area contributed by atoms with Gasteiger partial charge in [0.25, 0.3) is 0 Å². The number of aromatic nitrogens is 1. The first-order chi connectivity index (χ1) is 6.68. The normalized spacial score (nSPS) is 10.4. The van der Waals surface area contributed by atoms with Crippen molar-refractivity contribution in [1.29, 1.82) is 0 Å². The highest BCUT2D eigenvalue weighted by atomic mass is 16.4. The van der Waals surface area contributed by atoms with Crippen molar-refractivity contribution in [1.82, 2.24) is 4.98 Å². The summed E-state index contributed by atoms with van der Waals surface area (Å²) in [5, 5.41) is 9.75.